The zero-order valence-electron chi connectivity index (χ0n) is 7.30. The standard InChI is InChI=1S/C9H5ClF2N2S/c10-7-5(11)2-1-4(8(7)12)6-3-15-9(13)14-6/h1-3H,(H2,13,14). The van der Waals surface area contributed by atoms with Crippen LogP contribution in [0.2, 0.25) is 5.02 Å². The average Bonchev–Trinajstić information content (AvgIpc) is 2.61. The molecule has 0 atom stereocenters. The number of halogens is 3. The van der Waals surface area contributed by atoms with Gasteiger partial charge in [-0.15, -0.1) is 11.3 Å². The second-order valence-corrected chi connectivity index (χ2v) is 4.06. The van der Waals surface area contributed by atoms with Gasteiger partial charge in [-0.3, -0.25) is 0 Å². The lowest BCUT2D eigenvalue weighted by atomic mass is 10.1. The van der Waals surface area contributed by atoms with Crippen LogP contribution in [-0.2, 0) is 0 Å². The third-order valence-electron chi connectivity index (χ3n) is 1.83. The van der Waals surface area contributed by atoms with Crippen LogP contribution in [0.25, 0.3) is 11.3 Å². The number of hydrogen-bond acceptors (Lipinski definition) is 3. The van der Waals surface area contributed by atoms with Gasteiger partial charge in [-0.1, -0.05) is 11.6 Å². The van der Waals surface area contributed by atoms with Crippen LogP contribution >= 0.6 is 22.9 Å². The predicted octanol–water partition coefficient (Wildman–Crippen LogP) is 3.32. The summed E-state index contributed by atoms with van der Waals surface area (Å²) < 4.78 is 26.4. The summed E-state index contributed by atoms with van der Waals surface area (Å²) in [6.07, 6.45) is 0. The Bertz CT molecular complexity index is 513. The highest BCUT2D eigenvalue weighted by atomic mass is 35.5. The molecule has 0 unspecified atom stereocenters. The van der Waals surface area contributed by atoms with Crippen molar-refractivity contribution in [2.45, 2.75) is 0 Å². The number of nitrogen functional groups attached to an aromatic ring is 1. The van der Waals surface area contributed by atoms with Crippen LogP contribution in [0.15, 0.2) is 17.5 Å². The molecule has 6 heteroatoms. The Labute approximate surface area is 93.3 Å². The van der Waals surface area contributed by atoms with Crippen molar-refractivity contribution in [3.05, 3.63) is 34.2 Å². The summed E-state index contributed by atoms with van der Waals surface area (Å²) in [5, 5.41) is 1.38. The van der Waals surface area contributed by atoms with Gasteiger partial charge in [-0.05, 0) is 12.1 Å². The normalized spacial score (nSPS) is 10.6. The zero-order valence-corrected chi connectivity index (χ0v) is 8.87. The number of benzene rings is 1. The molecule has 1 aromatic carbocycles. The lowest BCUT2D eigenvalue weighted by molar-refractivity contribution is 0.586. The minimum absolute atomic E-state index is 0.148. The maximum Gasteiger partial charge on any atom is 0.180 e. The summed E-state index contributed by atoms with van der Waals surface area (Å²) in [7, 11) is 0. The van der Waals surface area contributed by atoms with Crippen LogP contribution in [0.1, 0.15) is 0 Å². The van der Waals surface area contributed by atoms with Crippen LogP contribution in [-0.4, -0.2) is 4.98 Å². The molecule has 0 saturated heterocycles. The van der Waals surface area contributed by atoms with Crippen LogP contribution in [0.5, 0.6) is 0 Å². The summed E-state index contributed by atoms with van der Waals surface area (Å²) >= 11 is 6.62. The Kier molecular flexibility index (Phi) is 2.58. The van der Waals surface area contributed by atoms with Gasteiger partial charge in [-0.25, -0.2) is 13.8 Å². The smallest absolute Gasteiger partial charge is 0.180 e. The first-order valence-corrected chi connectivity index (χ1v) is 5.20. The van der Waals surface area contributed by atoms with Gasteiger partial charge < -0.3 is 5.73 Å². The minimum atomic E-state index is -0.818. The highest BCUT2D eigenvalue weighted by Crippen LogP contribution is 2.30. The first-order valence-electron chi connectivity index (χ1n) is 3.94. The molecule has 2 aromatic rings. The fourth-order valence-corrected chi connectivity index (χ4v) is 1.86. The Morgan fingerprint density at radius 3 is 2.67 bits per heavy atom. The zero-order chi connectivity index (χ0) is 11.0. The maximum atomic E-state index is 13.5. The van der Waals surface area contributed by atoms with Gasteiger partial charge in [0.25, 0.3) is 0 Å². The summed E-state index contributed by atoms with van der Waals surface area (Å²) in [4.78, 5) is 3.89. The van der Waals surface area contributed by atoms with E-state index >= 15 is 0 Å². The van der Waals surface area contributed by atoms with Gasteiger partial charge in [0.15, 0.2) is 10.9 Å². The highest BCUT2D eigenvalue weighted by Gasteiger charge is 2.14. The summed E-state index contributed by atoms with van der Waals surface area (Å²) in [6.45, 7) is 0. The number of nitrogens with zero attached hydrogens (tertiary/aromatic N) is 1. The van der Waals surface area contributed by atoms with E-state index in [0.717, 1.165) is 6.07 Å². The number of anilines is 1. The maximum absolute atomic E-state index is 13.5. The van der Waals surface area contributed by atoms with Crippen molar-refractivity contribution in [3.63, 3.8) is 0 Å². The van der Waals surface area contributed by atoms with Crippen LogP contribution < -0.4 is 5.73 Å². The molecule has 0 fully saturated rings. The molecule has 0 saturated carbocycles. The topological polar surface area (TPSA) is 38.9 Å². The monoisotopic (exact) mass is 246 g/mol. The van der Waals surface area contributed by atoms with Gasteiger partial charge >= 0.3 is 0 Å². The molecular weight excluding hydrogens is 242 g/mol. The van der Waals surface area contributed by atoms with Gasteiger partial charge in [-0.2, -0.15) is 0 Å². The summed E-state index contributed by atoms with van der Waals surface area (Å²) in [5.41, 5.74) is 5.92. The quantitative estimate of drug-likeness (QED) is 0.784. The van der Waals surface area contributed by atoms with Crippen LogP contribution in [0.3, 0.4) is 0 Å². The predicted molar refractivity (Wildman–Crippen MR) is 56.9 cm³/mol. The molecule has 0 aliphatic carbocycles. The molecule has 2 N–H and O–H groups in total. The molecule has 2 nitrogen and oxygen atoms in total. The average molecular weight is 247 g/mol. The largest absolute Gasteiger partial charge is 0.375 e. The number of thiazole rings is 1. The lowest BCUT2D eigenvalue weighted by Gasteiger charge is -2.01. The number of rotatable bonds is 1. The lowest BCUT2D eigenvalue weighted by Crippen LogP contribution is -1.90. The molecular formula is C9H5ClF2N2S. The summed E-state index contributed by atoms with van der Waals surface area (Å²) in [5.74, 6) is -1.61. The van der Waals surface area contributed by atoms with Crippen molar-refractivity contribution < 1.29 is 8.78 Å². The Balaban J connectivity index is 2.59. The Morgan fingerprint density at radius 2 is 2.07 bits per heavy atom. The minimum Gasteiger partial charge on any atom is -0.375 e. The Hall–Kier alpha value is -1.20. The fourth-order valence-electron chi connectivity index (χ4n) is 1.14. The van der Waals surface area contributed by atoms with E-state index in [9.17, 15) is 8.78 Å². The molecule has 0 aliphatic rings. The van der Waals surface area contributed by atoms with E-state index in [1.54, 1.807) is 5.38 Å². The second-order valence-electron chi connectivity index (χ2n) is 2.79. The van der Waals surface area contributed by atoms with Crippen molar-refractivity contribution in [2.24, 2.45) is 0 Å². The van der Waals surface area contributed by atoms with Crippen molar-refractivity contribution in [1.29, 1.82) is 0 Å². The molecule has 2 rings (SSSR count). The number of aromatic nitrogens is 1. The van der Waals surface area contributed by atoms with Crippen molar-refractivity contribution >= 4 is 28.1 Å². The molecule has 0 radical (unpaired) electrons. The van der Waals surface area contributed by atoms with E-state index in [2.05, 4.69) is 4.98 Å². The third kappa shape index (κ3) is 1.80. The van der Waals surface area contributed by atoms with Crippen molar-refractivity contribution in [3.8, 4) is 11.3 Å². The molecule has 15 heavy (non-hydrogen) atoms. The van der Waals surface area contributed by atoms with E-state index in [0.29, 0.717) is 10.8 Å². The molecule has 0 aliphatic heterocycles. The van der Waals surface area contributed by atoms with Crippen molar-refractivity contribution in [2.75, 3.05) is 5.73 Å². The highest BCUT2D eigenvalue weighted by molar-refractivity contribution is 7.13. The van der Waals surface area contributed by atoms with Gasteiger partial charge in [0, 0.05) is 10.9 Å². The molecule has 0 bridgehead atoms. The molecule has 78 valence electrons. The number of hydrogen-bond donors (Lipinski definition) is 1. The fraction of sp³-hybridized carbons (Fsp3) is 0. The van der Waals surface area contributed by atoms with E-state index in [1.807, 2.05) is 0 Å². The van der Waals surface area contributed by atoms with E-state index in [4.69, 9.17) is 17.3 Å². The first-order chi connectivity index (χ1) is 7.09. The SMILES string of the molecule is Nc1nc(-c2ccc(F)c(Cl)c2F)cs1. The second kappa shape index (κ2) is 3.75. The van der Waals surface area contributed by atoms with Crippen LogP contribution in [0, 0.1) is 11.6 Å². The summed E-state index contributed by atoms with van der Waals surface area (Å²) in [6, 6.07) is 2.38. The van der Waals surface area contributed by atoms with Gasteiger partial charge in [0.2, 0.25) is 0 Å². The molecule has 1 heterocycles. The van der Waals surface area contributed by atoms with E-state index in [-0.39, 0.29) is 5.56 Å². The molecule has 0 spiro atoms. The van der Waals surface area contributed by atoms with Gasteiger partial charge in [0.1, 0.15) is 10.8 Å². The Morgan fingerprint density at radius 1 is 1.33 bits per heavy atom. The van der Waals surface area contributed by atoms with Crippen molar-refractivity contribution in [1.82, 2.24) is 4.98 Å². The molecule has 0 amide bonds. The number of nitrogens with two attached hydrogens (primary N) is 1. The van der Waals surface area contributed by atoms with E-state index < -0.39 is 16.7 Å². The van der Waals surface area contributed by atoms with Gasteiger partial charge in [0.05, 0.1) is 5.69 Å². The van der Waals surface area contributed by atoms with Crippen LogP contribution in [0.4, 0.5) is 13.9 Å². The molecule has 1 aromatic heterocycles. The first kappa shape index (κ1) is 10.3. The third-order valence-corrected chi connectivity index (χ3v) is 2.85. The van der Waals surface area contributed by atoms with E-state index in [1.165, 1.54) is 17.4 Å².